The molecule has 0 spiro atoms. The number of fused-ring (bicyclic) bond motifs is 1. The predicted octanol–water partition coefficient (Wildman–Crippen LogP) is 1.66. The first-order valence-corrected chi connectivity index (χ1v) is 10.3. The van der Waals surface area contributed by atoms with Crippen molar-refractivity contribution in [3.63, 3.8) is 0 Å². The molecule has 3 nitrogen and oxygen atoms in total. The van der Waals surface area contributed by atoms with E-state index in [9.17, 15) is 14.0 Å². The molecule has 2 aromatic carbocycles. The maximum absolute atomic E-state index is 13.5. The number of carbonyl (C=O) groups is 2. The van der Waals surface area contributed by atoms with E-state index in [4.69, 9.17) is 0 Å². The number of hydrogen-bond acceptors (Lipinski definition) is 2. The largest absolute Gasteiger partial charge is 1.00 e. The standard InChI is InChI=1S/C26H25FNO2.BrH/c1-17-6-9-24-20(12-17)7-8-22(26(24)30)14-21-10-11-28(16-25(21)18(2)29)15-19-4-3-5-23(27)13-19;/h3-6,9-13,16,22H,7-8,14-15H2,1-2H3;1H/q+1;/p-1. The Morgan fingerprint density at radius 2 is 1.97 bits per heavy atom. The Labute approximate surface area is 192 Å². The summed E-state index contributed by atoms with van der Waals surface area (Å²) in [4.78, 5) is 25.4. The van der Waals surface area contributed by atoms with E-state index in [0.717, 1.165) is 35.1 Å². The zero-order chi connectivity index (χ0) is 21.3. The van der Waals surface area contributed by atoms with Gasteiger partial charge in [0.05, 0.1) is 5.56 Å². The second-order valence-corrected chi connectivity index (χ2v) is 8.21. The molecule has 0 bridgehead atoms. The number of pyridine rings is 1. The lowest BCUT2D eigenvalue weighted by molar-refractivity contribution is -0.688. The van der Waals surface area contributed by atoms with Gasteiger partial charge in [0.2, 0.25) is 0 Å². The molecule has 0 fully saturated rings. The first kappa shape index (κ1) is 23.0. The SMILES string of the molecule is CC(=O)c1c[n+](Cc2cccc(F)c2)ccc1CC1CCc2cc(C)ccc2C1=O.[Br-]. The van der Waals surface area contributed by atoms with Crippen molar-refractivity contribution in [2.75, 3.05) is 0 Å². The highest BCUT2D eigenvalue weighted by molar-refractivity contribution is 6.01. The van der Waals surface area contributed by atoms with E-state index in [-0.39, 0.29) is 40.3 Å². The fraction of sp³-hybridized carbons (Fsp3) is 0.269. The quantitative estimate of drug-likeness (QED) is 0.410. The number of hydrogen-bond donors (Lipinski definition) is 0. The Balaban J connectivity index is 0.00000272. The van der Waals surface area contributed by atoms with Crippen LogP contribution >= 0.6 is 0 Å². The third-order valence-corrected chi connectivity index (χ3v) is 5.87. The Bertz CT molecular complexity index is 1140. The van der Waals surface area contributed by atoms with E-state index in [2.05, 4.69) is 6.07 Å². The minimum Gasteiger partial charge on any atom is -1.00 e. The van der Waals surface area contributed by atoms with Crippen molar-refractivity contribution < 1.29 is 35.5 Å². The lowest BCUT2D eigenvalue weighted by Crippen LogP contribution is -3.00. The van der Waals surface area contributed by atoms with Crippen molar-refractivity contribution in [3.05, 3.63) is 100 Å². The van der Waals surface area contributed by atoms with Crippen molar-refractivity contribution in [3.8, 4) is 0 Å². The Morgan fingerprint density at radius 1 is 1.16 bits per heavy atom. The molecule has 1 aliphatic carbocycles. The number of Topliss-reactive ketones (excluding diaryl/α,β-unsaturated/α-hetero) is 2. The number of aryl methyl sites for hydroxylation is 2. The van der Waals surface area contributed by atoms with E-state index >= 15 is 0 Å². The van der Waals surface area contributed by atoms with Crippen LogP contribution in [0.15, 0.2) is 60.9 Å². The Hall–Kier alpha value is -2.66. The van der Waals surface area contributed by atoms with Crippen LogP contribution < -0.4 is 21.5 Å². The summed E-state index contributed by atoms with van der Waals surface area (Å²) >= 11 is 0. The fourth-order valence-electron chi connectivity index (χ4n) is 4.32. The number of halogens is 2. The van der Waals surface area contributed by atoms with Gasteiger partial charge < -0.3 is 17.0 Å². The van der Waals surface area contributed by atoms with Crippen molar-refractivity contribution in [1.82, 2.24) is 0 Å². The van der Waals surface area contributed by atoms with Crippen molar-refractivity contribution >= 4 is 11.6 Å². The summed E-state index contributed by atoms with van der Waals surface area (Å²) in [6.07, 6.45) is 5.95. The van der Waals surface area contributed by atoms with Crippen molar-refractivity contribution in [2.24, 2.45) is 5.92 Å². The normalized spacial score (nSPS) is 15.2. The molecule has 0 aliphatic heterocycles. The minimum absolute atomic E-state index is 0. The van der Waals surface area contributed by atoms with Crippen molar-refractivity contribution in [1.29, 1.82) is 0 Å². The first-order chi connectivity index (χ1) is 14.4. The summed E-state index contributed by atoms with van der Waals surface area (Å²) in [6.45, 7) is 4.07. The number of rotatable bonds is 5. The molecule has 0 N–H and O–H groups in total. The van der Waals surface area contributed by atoms with Gasteiger partial charge in [-0.1, -0.05) is 35.9 Å². The van der Waals surface area contributed by atoms with Crippen LogP contribution in [0.3, 0.4) is 0 Å². The Morgan fingerprint density at radius 3 is 2.71 bits per heavy atom. The topological polar surface area (TPSA) is 38.0 Å². The summed E-state index contributed by atoms with van der Waals surface area (Å²) in [7, 11) is 0. The number of nitrogens with zero attached hydrogens (tertiary/aromatic N) is 1. The molecule has 160 valence electrons. The monoisotopic (exact) mass is 481 g/mol. The number of ketones is 2. The highest BCUT2D eigenvalue weighted by Crippen LogP contribution is 2.29. The second kappa shape index (κ2) is 9.65. The van der Waals surface area contributed by atoms with Gasteiger partial charge in [-0.3, -0.25) is 9.59 Å². The van der Waals surface area contributed by atoms with E-state index in [0.29, 0.717) is 18.5 Å². The van der Waals surface area contributed by atoms with Gasteiger partial charge in [-0.2, -0.15) is 0 Å². The molecule has 0 amide bonds. The lowest BCUT2D eigenvalue weighted by atomic mass is 9.79. The molecular weight excluding hydrogens is 457 g/mol. The number of carbonyl (C=O) groups excluding carboxylic acids is 2. The molecular formula is C26H25BrFNO2. The molecule has 3 aromatic rings. The van der Waals surface area contributed by atoms with E-state index in [1.54, 1.807) is 13.0 Å². The highest BCUT2D eigenvalue weighted by Gasteiger charge is 2.29. The van der Waals surface area contributed by atoms with Crippen LogP contribution in [0.2, 0.25) is 0 Å². The van der Waals surface area contributed by atoms with Gasteiger partial charge in [-0.25, -0.2) is 8.96 Å². The van der Waals surface area contributed by atoms with E-state index < -0.39 is 0 Å². The molecule has 0 radical (unpaired) electrons. The zero-order valence-electron chi connectivity index (χ0n) is 17.7. The fourth-order valence-corrected chi connectivity index (χ4v) is 4.32. The Kier molecular flexibility index (Phi) is 7.16. The number of aromatic nitrogens is 1. The summed E-state index contributed by atoms with van der Waals surface area (Å²) in [5.41, 5.74) is 5.46. The average Bonchev–Trinajstić information content (AvgIpc) is 2.71. The number of benzene rings is 2. The summed E-state index contributed by atoms with van der Waals surface area (Å²) < 4.78 is 15.4. The average molecular weight is 482 g/mol. The maximum atomic E-state index is 13.5. The molecule has 0 saturated heterocycles. The molecule has 0 saturated carbocycles. The molecule has 1 aromatic heterocycles. The van der Waals surface area contributed by atoms with Gasteiger partial charge in [0, 0.05) is 23.1 Å². The highest BCUT2D eigenvalue weighted by atomic mass is 79.9. The minimum atomic E-state index is -0.275. The smallest absolute Gasteiger partial charge is 0.180 e. The van der Waals surface area contributed by atoms with Gasteiger partial charge >= 0.3 is 0 Å². The van der Waals surface area contributed by atoms with Crippen LogP contribution in [-0.2, 0) is 19.4 Å². The van der Waals surface area contributed by atoms with Crippen molar-refractivity contribution in [2.45, 2.75) is 39.7 Å². The van der Waals surface area contributed by atoms with Crippen LogP contribution in [0.5, 0.6) is 0 Å². The van der Waals surface area contributed by atoms with E-state index in [1.165, 1.54) is 17.7 Å². The molecule has 1 unspecified atom stereocenters. The maximum Gasteiger partial charge on any atom is 0.180 e. The summed E-state index contributed by atoms with van der Waals surface area (Å²) in [5, 5.41) is 0. The summed E-state index contributed by atoms with van der Waals surface area (Å²) in [6, 6.07) is 14.4. The molecule has 5 heteroatoms. The lowest BCUT2D eigenvalue weighted by Gasteiger charge is -2.24. The van der Waals surface area contributed by atoms with Gasteiger partial charge in [-0.05, 0) is 56.4 Å². The molecule has 4 rings (SSSR count). The molecule has 1 heterocycles. The van der Waals surface area contributed by atoms with Gasteiger partial charge in [0.1, 0.15) is 5.82 Å². The van der Waals surface area contributed by atoms with Crippen LogP contribution in [-0.4, -0.2) is 11.6 Å². The summed E-state index contributed by atoms with van der Waals surface area (Å²) in [5.74, 6) is -0.250. The predicted molar refractivity (Wildman–Crippen MR) is 113 cm³/mol. The van der Waals surface area contributed by atoms with Crippen LogP contribution in [0.4, 0.5) is 4.39 Å². The third kappa shape index (κ3) is 5.16. The molecule has 1 atom stereocenters. The van der Waals surface area contributed by atoms with Gasteiger partial charge in [-0.15, -0.1) is 0 Å². The second-order valence-electron chi connectivity index (χ2n) is 8.21. The molecule has 1 aliphatic rings. The van der Waals surface area contributed by atoms with Crippen LogP contribution in [0.1, 0.15) is 56.3 Å². The van der Waals surface area contributed by atoms with E-state index in [1.807, 2.05) is 48.1 Å². The third-order valence-electron chi connectivity index (χ3n) is 5.87. The first-order valence-electron chi connectivity index (χ1n) is 10.3. The van der Waals surface area contributed by atoms with Crippen LogP contribution in [0, 0.1) is 18.7 Å². The van der Waals surface area contributed by atoms with Gasteiger partial charge in [0.25, 0.3) is 0 Å². The van der Waals surface area contributed by atoms with Gasteiger partial charge in [0.15, 0.2) is 30.5 Å². The van der Waals surface area contributed by atoms with Crippen LogP contribution in [0.25, 0.3) is 0 Å². The zero-order valence-corrected chi connectivity index (χ0v) is 19.3. The molecule has 31 heavy (non-hydrogen) atoms.